The van der Waals surface area contributed by atoms with Crippen molar-refractivity contribution >= 4 is 0 Å². The number of terminal acetylenes is 1. The Kier molecular flexibility index (Phi) is 4.82. The minimum absolute atomic E-state index is 0.397. The zero-order chi connectivity index (χ0) is 13.3. The first-order chi connectivity index (χ1) is 9.40. The van der Waals surface area contributed by atoms with Crippen molar-refractivity contribution in [1.29, 1.82) is 0 Å². The van der Waals surface area contributed by atoms with E-state index in [0.717, 1.165) is 16.7 Å². The molecule has 0 aliphatic heterocycles. The lowest BCUT2D eigenvalue weighted by atomic mass is 10.1. The molecule has 2 aromatic rings. The highest BCUT2D eigenvalue weighted by Crippen LogP contribution is 2.08. The summed E-state index contributed by atoms with van der Waals surface area (Å²) in [6, 6.07) is 17.6. The van der Waals surface area contributed by atoms with E-state index in [1.54, 1.807) is 0 Å². The van der Waals surface area contributed by atoms with Crippen LogP contribution in [-0.4, -0.2) is 6.61 Å². The molecule has 2 aromatic carbocycles. The molecule has 92 valence electrons. The van der Waals surface area contributed by atoms with Crippen LogP contribution in [-0.2, 0) is 11.3 Å². The second kappa shape index (κ2) is 7.07. The first kappa shape index (κ1) is 13.0. The molecule has 0 unspecified atom stereocenters. The number of ether oxygens (including phenoxy) is 1. The maximum atomic E-state index is 5.51. The van der Waals surface area contributed by atoms with E-state index in [-0.39, 0.29) is 0 Å². The van der Waals surface area contributed by atoms with Gasteiger partial charge in [-0.15, -0.1) is 6.42 Å². The van der Waals surface area contributed by atoms with Gasteiger partial charge in [0.1, 0.15) is 6.61 Å². The zero-order valence-electron chi connectivity index (χ0n) is 10.6. The van der Waals surface area contributed by atoms with E-state index in [0.29, 0.717) is 13.2 Å². The summed E-state index contributed by atoms with van der Waals surface area (Å²) >= 11 is 0. The van der Waals surface area contributed by atoms with E-state index < -0.39 is 0 Å². The number of rotatable bonds is 3. The summed E-state index contributed by atoms with van der Waals surface area (Å²) in [7, 11) is 0. The van der Waals surface area contributed by atoms with Gasteiger partial charge in [0.15, 0.2) is 0 Å². The van der Waals surface area contributed by atoms with E-state index in [2.05, 4.69) is 17.8 Å². The number of hydrogen-bond donors (Lipinski definition) is 0. The monoisotopic (exact) mass is 246 g/mol. The van der Waals surface area contributed by atoms with Crippen molar-refractivity contribution in [2.45, 2.75) is 6.61 Å². The Morgan fingerprint density at radius 1 is 0.947 bits per heavy atom. The van der Waals surface area contributed by atoms with Crippen LogP contribution in [0.4, 0.5) is 0 Å². The molecule has 0 spiro atoms. The number of hydrogen-bond acceptors (Lipinski definition) is 1. The fourth-order valence-corrected chi connectivity index (χ4v) is 1.66. The van der Waals surface area contributed by atoms with Crippen molar-refractivity contribution in [2.24, 2.45) is 0 Å². The lowest BCUT2D eigenvalue weighted by molar-refractivity contribution is 0.153. The molecule has 0 atom stereocenters. The largest absolute Gasteiger partial charge is 0.364 e. The molecule has 0 heterocycles. The molecule has 1 heteroatoms. The topological polar surface area (TPSA) is 9.23 Å². The third-order valence-electron chi connectivity index (χ3n) is 2.61. The fourth-order valence-electron chi connectivity index (χ4n) is 1.66. The van der Waals surface area contributed by atoms with Crippen LogP contribution >= 0.6 is 0 Å². The number of benzene rings is 2. The first-order valence-corrected chi connectivity index (χ1v) is 6.06. The summed E-state index contributed by atoms with van der Waals surface area (Å²) in [6.45, 7) is 0.887. The highest BCUT2D eigenvalue weighted by Gasteiger charge is 1.97. The van der Waals surface area contributed by atoms with Crippen molar-refractivity contribution in [2.75, 3.05) is 6.61 Å². The predicted molar refractivity (Wildman–Crippen MR) is 77.4 cm³/mol. The maximum Gasteiger partial charge on any atom is 0.108 e. The van der Waals surface area contributed by atoms with Crippen molar-refractivity contribution in [3.8, 4) is 24.2 Å². The summed E-state index contributed by atoms with van der Waals surface area (Å²) < 4.78 is 5.51. The molecule has 2 rings (SSSR count). The van der Waals surface area contributed by atoms with Gasteiger partial charge < -0.3 is 4.74 Å². The summed E-state index contributed by atoms with van der Waals surface area (Å²) in [6.07, 6.45) is 5.42. The van der Waals surface area contributed by atoms with Gasteiger partial charge in [-0.2, -0.15) is 0 Å². The molecule has 0 aromatic heterocycles. The average molecular weight is 246 g/mol. The van der Waals surface area contributed by atoms with Crippen molar-refractivity contribution in [3.05, 3.63) is 71.3 Å². The minimum atomic E-state index is 0.397. The van der Waals surface area contributed by atoms with Gasteiger partial charge in [0, 0.05) is 11.1 Å². The maximum absolute atomic E-state index is 5.51. The normalized spacial score (nSPS) is 9.21. The average Bonchev–Trinajstić information content (AvgIpc) is 2.48. The van der Waals surface area contributed by atoms with E-state index in [1.165, 1.54) is 0 Å². The van der Waals surface area contributed by atoms with Gasteiger partial charge in [0.05, 0.1) is 6.61 Å². The van der Waals surface area contributed by atoms with Gasteiger partial charge in [-0.1, -0.05) is 54.2 Å². The van der Waals surface area contributed by atoms with E-state index in [4.69, 9.17) is 11.2 Å². The van der Waals surface area contributed by atoms with Gasteiger partial charge in [-0.05, 0) is 23.8 Å². The van der Waals surface area contributed by atoms with Gasteiger partial charge in [0.25, 0.3) is 0 Å². The standard InChI is InChI=1S/C18H14O/c1-2-17-12-6-7-13-18(17)15-19-14-8-11-16-9-4-3-5-10-16/h1,3-7,9-10,12-13H,14-15H2. The Labute approximate surface area is 114 Å². The summed E-state index contributed by atoms with van der Waals surface area (Å²) in [5, 5.41) is 0. The van der Waals surface area contributed by atoms with Crippen LogP contribution in [0.1, 0.15) is 16.7 Å². The first-order valence-electron chi connectivity index (χ1n) is 6.06. The fraction of sp³-hybridized carbons (Fsp3) is 0.111. The minimum Gasteiger partial charge on any atom is -0.364 e. The molecule has 0 N–H and O–H groups in total. The Bertz CT molecular complexity index is 624. The quantitative estimate of drug-likeness (QED) is 0.597. The molecule has 0 bridgehead atoms. The molecule has 0 saturated heterocycles. The Hall–Kier alpha value is -2.48. The van der Waals surface area contributed by atoms with E-state index in [1.807, 2.05) is 54.6 Å². The second-order valence-electron chi connectivity index (χ2n) is 3.96. The summed E-state index contributed by atoms with van der Waals surface area (Å²) in [4.78, 5) is 0. The lowest BCUT2D eigenvalue weighted by Crippen LogP contribution is -1.95. The third-order valence-corrected chi connectivity index (χ3v) is 2.61. The van der Waals surface area contributed by atoms with Crippen LogP contribution in [0.2, 0.25) is 0 Å². The smallest absolute Gasteiger partial charge is 0.108 e. The van der Waals surface area contributed by atoms with Gasteiger partial charge in [0.2, 0.25) is 0 Å². The van der Waals surface area contributed by atoms with Crippen LogP contribution in [0.3, 0.4) is 0 Å². The van der Waals surface area contributed by atoms with E-state index >= 15 is 0 Å². The SMILES string of the molecule is C#Cc1ccccc1COCC#Cc1ccccc1. The molecule has 19 heavy (non-hydrogen) atoms. The van der Waals surface area contributed by atoms with Crippen LogP contribution in [0.5, 0.6) is 0 Å². The summed E-state index contributed by atoms with van der Waals surface area (Å²) in [5.74, 6) is 8.68. The Morgan fingerprint density at radius 3 is 2.47 bits per heavy atom. The molecule has 0 aliphatic carbocycles. The lowest BCUT2D eigenvalue weighted by Gasteiger charge is -2.03. The zero-order valence-corrected chi connectivity index (χ0v) is 10.6. The van der Waals surface area contributed by atoms with Crippen molar-refractivity contribution < 1.29 is 4.74 Å². The Morgan fingerprint density at radius 2 is 1.68 bits per heavy atom. The van der Waals surface area contributed by atoms with Gasteiger partial charge >= 0.3 is 0 Å². The van der Waals surface area contributed by atoms with Crippen molar-refractivity contribution in [1.82, 2.24) is 0 Å². The third kappa shape index (κ3) is 4.03. The Balaban J connectivity index is 1.85. The molecular formula is C18H14O. The van der Waals surface area contributed by atoms with Crippen LogP contribution < -0.4 is 0 Å². The molecule has 1 nitrogen and oxygen atoms in total. The molecule has 0 aliphatic rings. The molecular weight excluding hydrogens is 232 g/mol. The van der Waals surface area contributed by atoms with E-state index in [9.17, 15) is 0 Å². The molecule has 0 fully saturated rings. The highest BCUT2D eigenvalue weighted by molar-refractivity contribution is 5.39. The van der Waals surface area contributed by atoms with Crippen LogP contribution in [0.25, 0.3) is 0 Å². The van der Waals surface area contributed by atoms with Gasteiger partial charge in [-0.25, -0.2) is 0 Å². The van der Waals surface area contributed by atoms with Crippen LogP contribution in [0.15, 0.2) is 54.6 Å². The summed E-state index contributed by atoms with van der Waals surface area (Å²) in [5.41, 5.74) is 2.89. The molecule has 0 radical (unpaired) electrons. The van der Waals surface area contributed by atoms with Gasteiger partial charge in [-0.3, -0.25) is 0 Å². The molecule has 0 saturated carbocycles. The predicted octanol–water partition coefficient (Wildman–Crippen LogP) is 3.24. The van der Waals surface area contributed by atoms with Crippen molar-refractivity contribution in [3.63, 3.8) is 0 Å². The molecule has 0 amide bonds. The highest BCUT2D eigenvalue weighted by atomic mass is 16.5. The second-order valence-corrected chi connectivity index (χ2v) is 3.96. The van der Waals surface area contributed by atoms with Crippen LogP contribution in [0, 0.1) is 24.2 Å².